The molecule has 1 nitrogen and oxygen atoms in total. The van der Waals surface area contributed by atoms with Crippen molar-refractivity contribution in [3.05, 3.63) is 11.6 Å². The Labute approximate surface area is 79.8 Å². The SMILES string of the molecule is OC(C1=CCCC1)C1C2CCCC21. The average molecular weight is 178 g/mol. The van der Waals surface area contributed by atoms with Crippen molar-refractivity contribution in [1.29, 1.82) is 0 Å². The van der Waals surface area contributed by atoms with Crippen LogP contribution < -0.4 is 0 Å². The minimum Gasteiger partial charge on any atom is -0.388 e. The van der Waals surface area contributed by atoms with Crippen LogP contribution in [0.1, 0.15) is 38.5 Å². The summed E-state index contributed by atoms with van der Waals surface area (Å²) in [6.07, 6.45) is 10.0. The number of rotatable bonds is 2. The number of aliphatic hydroxyl groups excluding tert-OH is 1. The van der Waals surface area contributed by atoms with Crippen LogP contribution in [0, 0.1) is 17.8 Å². The normalized spacial score (nSPS) is 44.4. The maximum Gasteiger partial charge on any atom is 0.0783 e. The Hall–Kier alpha value is -0.300. The van der Waals surface area contributed by atoms with Gasteiger partial charge in [0.15, 0.2) is 0 Å². The van der Waals surface area contributed by atoms with E-state index in [0.29, 0.717) is 5.92 Å². The summed E-state index contributed by atoms with van der Waals surface area (Å²) in [6, 6.07) is 0. The molecule has 13 heavy (non-hydrogen) atoms. The Kier molecular flexibility index (Phi) is 1.76. The molecule has 3 aliphatic carbocycles. The van der Waals surface area contributed by atoms with Crippen molar-refractivity contribution in [3.63, 3.8) is 0 Å². The first-order valence-electron chi connectivity index (χ1n) is 5.75. The van der Waals surface area contributed by atoms with Crippen molar-refractivity contribution in [2.75, 3.05) is 0 Å². The highest BCUT2D eigenvalue weighted by atomic mass is 16.3. The summed E-state index contributed by atoms with van der Waals surface area (Å²) in [5.74, 6) is 2.46. The Morgan fingerprint density at radius 3 is 2.62 bits per heavy atom. The first-order chi connectivity index (χ1) is 6.38. The molecule has 0 heterocycles. The van der Waals surface area contributed by atoms with E-state index >= 15 is 0 Å². The van der Waals surface area contributed by atoms with Crippen LogP contribution in [0.15, 0.2) is 11.6 Å². The lowest BCUT2D eigenvalue weighted by molar-refractivity contribution is 0.167. The fourth-order valence-corrected chi connectivity index (χ4v) is 3.56. The molecule has 3 atom stereocenters. The minimum atomic E-state index is -0.0576. The predicted molar refractivity (Wildman–Crippen MR) is 52.3 cm³/mol. The third kappa shape index (κ3) is 1.17. The van der Waals surface area contributed by atoms with Gasteiger partial charge < -0.3 is 5.11 Å². The predicted octanol–water partition coefficient (Wildman–Crippen LogP) is 2.50. The molecule has 1 heteroatoms. The van der Waals surface area contributed by atoms with Gasteiger partial charge in [-0.3, -0.25) is 0 Å². The molecule has 0 aliphatic heterocycles. The van der Waals surface area contributed by atoms with Gasteiger partial charge in [-0.25, -0.2) is 0 Å². The van der Waals surface area contributed by atoms with Crippen molar-refractivity contribution >= 4 is 0 Å². The molecular formula is C12H18O. The van der Waals surface area contributed by atoms with Gasteiger partial charge in [-0.05, 0) is 55.4 Å². The summed E-state index contributed by atoms with van der Waals surface area (Å²) < 4.78 is 0. The van der Waals surface area contributed by atoms with Crippen LogP contribution in [0.2, 0.25) is 0 Å². The molecule has 3 unspecified atom stereocenters. The Morgan fingerprint density at radius 1 is 1.23 bits per heavy atom. The van der Waals surface area contributed by atoms with Gasteiger partial charge >= 0.3 is 0 Å². The molecule has 2 fully saturated rings. The molecule has 0 bridgehead atoms. The highest BCUT2D eigenvalue weighted by Gasteiger charge is 2.56. The maximum absolute atomic E-state index is 10.1. The van der Waals surface area contributed by atoms with E-state index in [1.807, 2.05) is 0 Å². The topological polar surface area (TPSA) is 20.2 Å². The molecule has 0 spiro atoms. The Morgan fingerprint density at radius 2 is 2.00 bits per heavy atom. The third-order valence-electron chi connectivity index (χ3n) is 4.29. The zero-order valence-corrected chi connectivity index (χ0v) is 8.08. The highest BCUT2D eigenvalue weighted by molar-refractivity contribution is 5.20. The van der Waals surface area contributed by atoms with E-state index in [-0.39, 0.29) is 6.10 Å². The molecule has 2 saturated carbocycles. The zero-order chi connectivity index (χ0) is 8.84. The number of hydrogen-bond acceptors (Lipinski definition) is 1. The lowest BCUT2D eigenvalue weighted by Crippen LogP contribution is -2.15. The fraction of sp³-hybridized carbons (Fsp3) is 0.833. The van der Waals surface area contributed by atoms with Gasteiger partial charge in [-0.15, -0.1) is 0 Å². The second kappa shape index (κ2) is 2.84. The van der Waals surface area contributed by atoms with Gasteiger partial charge in [-0.1, -0.05) is 12.5 Å². The maximum atomic E-state index is 10.1. The molecule has 72 valence electrons. The van der Waals surface area contributed by atoms with Crippen LogP contribution in [0.5, 0.6) is 0 Å². The van der Waals surface area contributed by atoms with E-state index in [1.165, 1.54) is 37.7 Å². The number of fused-ring (bicyclic) bond motifs is 1. The van der Waals surface area contributed by atoms with E-state index in [0.717, 1.165) is 18.3 Å². The summed E-state index contributed by atoms with van der Waals surface area (Å²) in [7, 11) is 0. The second-order valence-corrected chi connectivity index (χ2v) is 4.95. The summed E-state index contributed by atoms with van der Waals surface area (Å²) in [4.78, 5) is 0. The summed E-state index contributed by atoms with van der Waals surface area (Å²) >= 11 is 0. The number of aliphatic hydroxyl groups is 1. The lowest BCUT2D eigenvalue weighted by Gasteiger charge is -2.13. The lowest BCUT2D eigenvalue weighted by atomic mass is 9.99. The van der Waals surface area contributed by atoms with Crippen LogP contribution in [0.4, 0.5) is 0 Å². The van der Waals surface area contributed by atoms with Crippen LogP contribution in [0.3, 0.4) is 0 Å². The van der Waals surface area contributed by atoms with Crippen LogP contribution in [-0.4, -0.2) is 11.2 Å². The smallest absolute Gasteiger partial charge is 0.0783 e. The quantitative estimate of drug-likeness (QED) is 0.644. The number of allylic oxidation sites excluding steroid dienone is 1. The van der Waals surface area contributed by atoms with Crippen molar-refractivity contribution < 1.29 is 5.11 Å². The Bertz CT molecular complexity index is 234. The van der Waals surface area contributed by atoms with Gasteiger partial charge in [0.2, 0.25) is 0 Å². The fourth-order valence-electron chi connectivity index (χ4n) is 3.56. The van der Waals surface area contributed by atoms with Crippen LogP contribution in [-0.2, 0) is 0 Å². The number of hydrogen-bond donors (Lipinski definition) is 1. The Balaban J connectivity index is 1.66. The molecule has 0 saturated heterocycles. The molecule has 0 aromatic heterocycles. The summed E-state index contributed by atoms with van der Waals surface area (Å²) in [5.41, 5.74) is 1.36. The second-order valence-electron chi connectivity index (χ2n) is 4.95. The van der Waals surface area contributed by atoms with Crippen molar-refractivity contribution in [2.45, 2.75) is 44.6 Å². The molecule has 0 radical (unpaired) electrons. The van der Waals surface area contributed by atoms with E-state index in [4.69, 9.17) is 0 Å². The molecule has 3 aliphatic rings. The van der Waals surface area contributed by atoms with Crippen molar-refractivity contribution in [3.8, 4) is 0 Å². The van der Waals surface area contributed by atoms with Gasteiger partial charge in [0, 0.05) is 0 Å². The summed E-state index contributed by atoms with van der Waals surface area (Å²) in [5, 5.41) is 10.1. The van der Waals surface area contributed by atoms with E-state index in [2.05, 4.69) is 6.08 Å². The molecule has 0 aromatic rings. The van der Waals surface area contributed by atoms with Gasteiger partial charge in [0.05, 0.1) is 6.10 Å². The monoisotopic (exact) mass is 178 g/mol. The van der Waals surface area contributed by atoms with E-state index in [1.54, 1.807) is 0 Å². The first kappa shape index (κ1) is 8.05. The largest absolute Gasteiger partial charge is 0.388 e. The molecule has 1 N–H and O–H groups in total. The molecular weight excluding hydrogens is 160 g/mol. The van der Waals surface area contributed by atoms with Crippen LogP contribution >= 0.6 is 0 Å². The van der Waals surface area contributed by atoms with Crippen LogP contribution in [0.25, 0.3) is 0 Å². The van der Waals surface area contributed by atoms with Gasteiger partial charge in [0.25, 0.3) is 0 Å². The summed E-state index contributed by atoms with van der Waals surface area (Å²) in [6.45, 7) is 0. The van der Waals surface area contributed by atoms with Gasteiger partial charge in [-0.2, -0.15) is 0 Å². The molecule has 0 aromatic carbocycles. The zero-order valence-electron chi connectivity index (χ0n) is 8.08. The van der Waals surface area contributed by atoms with E-state index < -0.39 is 0 Å². The standard InChI is InChI=1S/C12H18O/c13-12(8-4-1-2-5-8)11-9-6-3-7-10(9)11/h4,9-13H,1-3,5-7H2. The van der Waals surface area contributed by atoms with Crippen molar-refractivity contribution in [2.24, 2.45) is 17.8 Å². The highest BCUT2D eigenvalue weighted by Crippen LogP contribution is 2.60. The molecule has 3 rings (SSSR count). The van der Waals surface area contributed by atoms with Gasteiger partial charge in [0.1, 0.15) is 0 Å². The van der Waals surface area contributed by atoms with E-state index in [9.17, 15) is 5.11 Å². The van der Waals surface area contributed by atoms with Crippen molar-refractivity contribution in [1.82, 2.24) is 0 Å². The first-order valence-corrected chi connectivity index (χ1v) is 5.75. The average Bonchev–Trinajstić information content (AvgIpc) is 2.68. The molecule has 0 amide bonds. The third-order valence-corrected chi connectivity index (χ3v) is 4.29. The minimum absolute atomic E-state index is 0.0576.